The van der Waals surface area contributed by atoms with Crippen LogP contribution in [0.2, 0.25) is 0 Å². The number of aromatic nitrogens is 3. The van der Waals surface area contributed by atoms with Crippen molar-refractivity contribution in [2.45, 2.75) is 33.7 Å². The minimum Gasteiger partial charge on any atom is -0.342 e. The Bertz CT molecular complexity index is 927. The first-order valence-electron chi connectivity index (χ1n) is 8.63. The molecule has 0 radical (unpaired) electrons. The summed E-state index contributed by atoms with van der Waals surface area (Å²) in [6.45, 7) is 8.81. The van der Waals surface area contributed by atoms with E-state index in [1.165, 1.54) is 0 Å². The summed E-state index contributed by atoms with van der Waals surface area (Å²) < 4.78 is 1.87. The highest BCUT2D eigenvalue weighted by Crippen LogP contribution is 2.28. The zero-order chi connectivity index (χ0) is 18.1. The standard InChI is InChI=1S/C20H24N4O/c1-6-23(5)20(25)16-11-18(15-10-8-7-9-14(15)4)22-19-17(16)12-21-24(19)13(2)3/h7-13H,6H2,1-5H3. The zero-order valence-corrected chi connectivity index (χ0v) is 15.4. The summed E-state index contributed by atoms with van der Waals surface area (Å²) in [4.78, 5) is 19.5. The van der Waals surface area contributed by atoms with Gasteiger partial charge in [0.15, 0.2) is 5.65 Å². The van der Waals surface area contributed by atoms with Crippen LogP contribution >= 0.6 is 0 Å². The normalized spacial score (nSPS) is 11.3. The van der Waals surface area contributed by atoms with Crippen LogP contribution in [-0.4, -0.2) is 39.2 Å². The lowest BCUT2D eigenvalue weighted by atomic mass is 10.0. The van der Waals surface area contributed by atoms with E-state index in [1.54, 1.807) is 11.1 Å². The van der Waals surface area contributed by atoms with Gasteiger partial charge in [0.2, 0.25) is 0 Å². The molecule has 0 fully saturated rings. The van der Waals surface area contributed by atoms with Gasteiger partial charge in [-0.25, -0.2) is 9.67 Å². The smallest absolute Gasteiger partial charge is 0.254 e. The fraction of sp³-hybridized carbons (Fsp3) is 0.350. The predicted molar refractivity (Wildman–Crippen MR) is 101 cm³/mol. The van der Waals surface area contributed by atoms with Crippen LogP contribution in [0.3, 0.4) is 0 Å². The number of amides is 1. The number of fused-ring (bicyclic) bond motifs is 1. The van der Waals surface area contributed by atoms with Gasteiger partial charge in [-0.05, 0) is 39.3 Å². The number of pyridine rings is 1. The number of hydrogen-bond acceptors (Lipinski definition) is 3. The third kappa shape index (κ3) is 3.02. The van der Waals surface area contributed by atoms with Gasteiger partial charge in [0.05, 0.1) is 22.8 Å². The summed E-state index contributed by atoms with van der Waals surface area (Å²) in [5.41, 5.74) is 4.38. The first-order chi connectivity index (χ1) is 11.9. The number of nitrogens with zero attached hydrogens (tertiary/aromatic N) is 4. The third-order valence-corrected chi connectivity index (χ3v) is 4.53. The SMILES string of the molecule is CCN(C)C(=O)c1cc(-c2ccccc2C)nc2c1cnn2C(C)C. The Balaban J connectivity index is 2.31. The molecular formula is C20H24N4O. The Hall–Kier alpha value is -2.69. The second kappa shape index (κ2) is 6.67. The fourth-order valence-corrected chi connectivity index (χ4v) is 2.92. The topological polar surface area (TPSA) is 51.0 Å². The van der Waals surface area contributed by atoms with Gasteiger partial charge in [-0.2, -0.15) is 5.10 Å². The molecular weight excluding hydrogens is 312 g/mol. The molecule has 5 heteroatoms. The van der Waals surface area contributed by atoms with E-state index >= 15 is 0 Å². The fourth-order valence-electron chi connectivity index (χ4n) is 2.92. The van der Waals surface area contributed by atoms with Gasteiger partial charge in [0.25, 0.3) is 5.91 Å². The highest BCUT2D eigenvalue weighted by atomic mass is 16.2. The molecule has 0 saturated carbocycles. The van der Waals surface area contributed by atoms with Crippen LogP contribution in [0.5, 0.6) is 0 Å². The molecule has 0 unspecified atom stereocenters. The van der Waals surface area contributed by atoms with Gasteiger partial charge in [0.1, 0.15) is 0 Å². The van der Waals surface area contributed by atoms with Crippen LogP contribution in [0.4, 0.5) is 0 Å². The molecule has 0 saturated heterocycles. The van der Waals surface area contributed by atoms with Gasteiger partial charge >= 0.3 is 0 Å². The number of rotatable bonds is 4. The molecule has 0 spiro atoms. The first-order valence-corrected chi connectivity index (χ1v) is 8.63. The van der Waals surface area contributed by atoms with E-state index in [-0.39, 0.29) is 11.9 Å². The molecule has 0 N–H and O–H groups in total. The Morgan fingerprint density at radius 3 is 2.64 bits per heavy atom. The zero-order valence-electron chi connectivity index (χ0n) is 15.4. The maximum absolute atomic E-state index is 12.9. The molecule has 0 aliphatic heterocycles. The summed E-state index contributed by atoms with van der Waals surface area (Å²) in [7, 11) is 1.81. The molecule has 0 aliphatic carbocycles. The van der Waals surface area contributed by atoms with Crippen molar-refractivity contribution in [3.05, 3.63) is 47.7 Å². The number of carbonyl (C=O) groups excluding carboxylic acids is 1. The van der Waals surface area contributed by atoms with Crippen molar-refractivity contribution >= 4 is 16.9 Å². The van der Waals surface area contributed by atoms with Crippen molar-refractivity contribution in [1.29, 1.82) is 0 Å². The number of carbonyl (C=O) groups is 1. The van der Waals surface area contributed by atoms with Crippen molar-refractivity contribution in [1.82, 2.24) is 19.7 Å². The maximum atomic E-state index is 12.9. The average Bonchev–Trinajstić information content (AvgIpc) is 3.04. The molecule has 1 aromatic carbocycles. The molecule has 130 valence electrons. The second-order valence-corrected chi connectivity index (χ2v) is 6.61. The predicted octanol–water partition coefficient (Wildman–Crippen LogP) is 4.08. The average molecular weight is 336 g/mol. The van der Waals surface area contributed by atoms with E-state index in [0.717, 1.165) is 27.9 Å². The maximum Gasteiger partial charge on any atom is 0.254 e. The van der Waals surface area contributed by atoms with Gasteiger partial charge in [-0.1, -0.05) is 24.3 Å². The van der Waals surface area contributed by atoms with Gasteiger partial charge < -0.3 is 4.90 Å². The lowest BCUT2D eigenvalue weighted by Gasteiger charge is -2.16. The second-order valence-electron chi connectivity index (χ2n) is 6.61. The summed E-state index contributed by atoms with van der Waals surface area (Å²) >= 11 is 0. The van der Waals surface area contributed by atoms with E-state index in [4.69, 9.17) is 4.98 Å². The van der Waals surface area contributed by atoms with E-state index < -0.39 is 0 Å². The molecule has 0 bridgehead atoms. The minimum atomic E-state index is -0.00644. The van der Waals surface area contributed by atoms with Crippen LogP contribution in [0.1, 0.15) is 42.7 Å². The Morgan fingerprint density at radius 2 is 2.00 bits per heavy atom. The van der Waals surface area contributed by atoms with Gasteiger partial charge in [0, 0.05) is 25.2 Å². The quantitative estimate of drug-likeness (QED) is 0.721. The molecule has 2 heterocycles. The molecule has 25 heavy (non-hydrogen) atoms. The molecule has 2 aromatic heterocycles. The molecule has 5 nitrogen and oxygen atoms in total. The van der Waals surface area contributed by atoms with E-state index in [1.807, 2.05) is 42.9 Å². The third-order valence-electron chi connectivity index (χ3n) is 4.53. The molecule has 0 aliphatic rings. The molecule has 3 rings (SSSR count). The van der Waals surface area contributed by atoms with E-state index in [9.17, 15) is 4.79 Å². The van der Waals surface area contributed by atoms with Crippen LogP contribution < -0.4 is 0 Å². The molecule has 1 amide bonds. The summed E-state index contributed by atoms with van der Waals surface area (Å²) in [5, 5.41) is 5.27. The summed E-state index contributed by atoms with van der Waals surface area (Å²) in [6.07, 6.45) is 1.75. The Morgan fingerprint density at radius 1 is 1.28 bits per heavy atom. The van der Waals surface area contributed by atoms with Gasteiger partial charge in [-0.15, -0.1) is 0 Å². The highest BCUT2D eigenvalue weighted by Gasteiger charge is 2.20. The van der Waals surface area contributed by atoms with Crippen molar-refractivity contribution < 1.29 is 4.79 Å². The lowest BCUT2D eigenvalue weighted by molar-refractivity contribution is 0.0804. The molecule has 0 atom stereocenters. The summed E-state index contributed by atoms with van der Waals surface area (Å²) in [5.74, 6) is -0.00644. The minimum absolute atomic E-state index is 0.00644. The van der Waals surface area contributed by atoms with E-state index in [0.29, 0.717) is 12.1 Å². The highest BCUT2D eigenvalue weighted by molar-refractivity contribution is 6.06. The lowest BCUT2D eigenvalue weighted by Crippen LogP contribution is -2.26. The van der Waals surface area contributed by atoms with E-state index in [2.05, 4.69) is 31.9 Å². The van der Waals surface area contributed by atoms with Gasteiger partial charge in [-0.3, -0.25) is 4.79 Å². The van der Waals surface area contributed by atoms with Crippen molar-refractivity contribution in [2.24, 2.45) is 0 Å². The number of aryl methyl sites for hydroxylation is 1. The first kappa shape index (κ1) is 17.1. The van der Waals surface area contributed by atoms with Crippen molar-refractivity contribution in [3.8, 4) is 11.3 Å². The summed E-state index contributed by atoms with van der Waals surface area (Å²) in [6, 6.07) is 10.2. The largest absolute Gasteiger partial charge is 0.342 e. The van der Waals surface area contributed by atoms with Crippen molar-refractivity contribution in [3.63, 3.8) is 0 Å². The van der Waals surface area contributed by atoms with Crippen LogP contribution in [0, 0.1) is 6.92 Å². The Labute approximate surface area is 148 Å². The molecule has 3 aromatic rings. The van der Waals surface area contributed by atoms with Crippen LogP contribution in [0.25, 0.3) is 22.3 Å². The Kier molecular flexibility index (Phi) is 4.57. The monoisotopic (exact) mass is 336 g/mol. The van der Waals surface area contributed by atoms with Crippen molar-refractivity contribution in [2.75, 3.05) is 13.6 Å². The van der Waals surface area contributed by atoms with Crippen LogP contribution in [-0.2, 0) is 0 Å². The number of hydrogen-bond donors (Lipinski definition) is 0. The van der Waals surface area contributed by atoms with Crippen LogP contribution in [0.15, 0.2) is 36.5 Å². The number of benzene rings is 1.